The highest BCUT2D eigenvalue weighted by Crippen LogP contribution is 2.34. The molecule has 0 spiro atoms. The van der Waals surface area contributed by atoms with Gasteiger partial charge in [-0.05, 0) is 23.3 Å². The molecular formula is C23H22O6. The number of aliphatic hydroxyl groups is 1. The number of furan rings is 1. The number of aliphatic hydroxyl groups excluding tert-OH is 1. The second-order valence-electron chi connectivity index (χ2n) is 6.84. The van der Waals surface area contributed by atoms with Gasteiger partial charge in [-0.25, -0.2) is 4.79 Å². The van der Waals surface area contributed by atoms with Gasteiger partial charge < -0.3 is 23.7 Å². The molecule has 2 heterocycles. The summed E-state index contributed by atoms with van der Waals surface area (Å²) < 4.78 is 22.7. The summed E-state index contributed by atoms with van der Waals surface area (Å²) in [6, 6.07) is 22.4. The van der Waals surface area contributed by atoms with Gasteiger partial charge in [0.1, 0.15) is 18.0 Å². The summed E-state index contributed by atoms with van der Waals surface area (Å²) in [5, 5.41) is 10.9. The zero-order valence-electron chi connectivity index (χ0n) is 15.7. The van der Waals surface area contributed by atoms with E-state index in [1.54, 1.807) is 12.1 Å². The van der Waals surface area contributed by atoms with Crippen molar-refractivity contribution in [2.24, 2.45) is 0 Å². The number of ether oxygens (including phenoxy) is 3. The molecule has 4 rings (SSSR count). The van der Waals surface area contributed by atoms with E-state index in [1.807, 2.05) is 60.7 Å². The molecule has 0 saturated carbocycles. The summed E-state index contributed by atoms with van der Waals surface area (Å²) in [4.78, 5) is 12.5. The molecule has 1 aromatic heterocycles. The van der Waals surface area contributed by atoms with E-state index in [0.29, 0.717) is 5.76 Å². The third kappa shape index (κ3) is 4.56. The second-order valence-corrected chi connectivity index (χ2v) is 6.84. The van der Waals surface area contributed by atoms with Crippen LogP contribution in [0.4, 0.5) is 0 Å². The minimum absolute atomic E-state index is 0.175. The normalized spacial score (nSPS) is 24.2. The van der Waals surface area contributed by atoms with Crippen LogP contribution in [0.15, 0.2) is 83.5 Å². The molecule has 0 unspecified atom stereocenters. The van der Waals surface area contributed by atoms with Crippen LogP contribution in [-0.4, -0.2) is 29.4 Å². The molecule has 1 fully saturated rings. The van der Waals surface area contributed by atoms with E-state index in [0.717, 1.165) is 11.1 Å². The first-order valence-electron chi connectivity index (χ1n) is 9.45. The second kappa shape index (κ2) is 9.05. The van der Waals surface area contributed by atoms with Crippen molar-refractivity contribution < 1.29 is 28.5 Å². The lowest BCUT2D eigenvalue weighted by molar-refractivity contribution is -0.225. The molecule has 3 aromatic rings. The van der Waals surface area contributed by atoms with Gasteiger partial charge in [0.2, 0.25) is 0 Å². The molecule has 0 aliphatic carbocycles. The van der Waals surface area contributed by atoms with Gasteiger partial charge in [-0.2, -0.15) is 0 Å². The Hall–Kier alpha value is -2.93. The lowest BCUT2D eigenvalue weighted by atomic mass is 9.97. The van der Waals surface area contributed by atoms with Crippen molar-refractivity contribution in [3.8, 4) is 0 Å². The maximum Gasteiger partial charge on any atom is 0.338 e. The number of carbonyl (C=O) groups excluding carboxylic acids is 1. The zero-order valence-corrected chi connectivity index (χ0v) is 15.7. The minimum Gasteiger partial charge on any atom is -0.465 e. The molecule has 2 aromatic carbocycles. The molecule has 1 N–H and O–H groups in total. The Balaban J connectivity index is 1.50. The standard InChI is InChI=1S/C23H22O6/c24-19-21(27-14-16-8-3-1-4-9-16)20(18-12-7-13-26-18)29-23(25)22(19)28-15-17-10-5-2-6-11-17/h1-13,19-22,24H,14-15H2/t19-,20+,21+,22-/m0/s1. The smallest absolute Gasteiger partial charge is 0.338 e. The van der Waals surface area contributed by atoms with Gasteiger partial charge in [0.25, 0.3) is 0 Å². The Kier molecular flexibility index (Phi) is 6.05. The van der Waals surface area contributed by atoms with Crippen molar-refractivity contribution in [1.82, 2.24) is 0 Å². The van der Waals surface area contributed by atoms with Crippen molar-refractivity contribution in [1.29, 1.82) is 0 Å². The van der Waals surface area contributed by atoms with Gasteiger partial charge in [0.15, 0.2) is 12.2 Å². The summed E-state index contributed by atoms with van der Waals surface area (Å²) in [5.74, 6) is -0.230. The highest BCUT2D eigenvalue weighted by molar-refractivity contribution is 5.77. The fourth-order valence-electron chi connectivity index (χ4n) is 3.30. The first-order chi connectivity index (χ1) is 14.2. The van der Waals surface area contributed by atoms with E-state index >= 15 is 0 Å². The van der Waals surface area contributed by atoms with E-state index in [9.17, 15) is 9.90 Å². The lowest BCUT2D eigenvalue weighted by Crippen LogP contribution is -2.54. The Bertz CT molecular complexity index is 894. The molecule has 150 valence electrons. The molecule has 0 bridgehead atoms. The molecule has 1 aliphatic rings. The molecule has 0 amide bonds. The predicted octanol–water partition coefficient (Wildman–Crippen LogP) is 3.41. The highest BCUT2D eigenvalue weighted by Gasteiger charge is 2.48. The van der Waals surface area contributed by atoms with E-state index in [2.05, 4.69) is 0 Å². The largest absolute Gasteiger partial charge is 0.465 e. The van der Waals surface area contributed by atoms with Gasteiger partial charge in [-0.1, -0.05) is 60.7 Å². The number of rotatable bonds is 7. The molecule has 6 nitrogen and oxygen atoms in total. The van der Waals surface area contributed by atoms with Crippen molar-refractivity contribution >= 4 is 5.97 Å². The van der Waals surface area contributed by atoms with Crippen LogP contribution in [0.2, 0.25) is 0 Å². The highest BCUT2D eigenvalue weighted by atomic mass is 16.6. The fourth-order valence-corrected chi connectivity index (χ4v) is 3.30. The number of benzene rings is 2. The van der Waals surface area contributed by atoms with Crippen molar-refractivity contribution in [3.05, 3.63) is 95.9 Å². The number of hydrogen-bond donors (Lipinski definition) is 1. The Morgan fingerprint density at radius 2 is 1.45 bits per heavy atom. The Morgan fingerprint density at radius 3 is 2.03 bits per heavy atom. The monoisotopic (exact) mass is 394 g/mol. The maximum absolute atomic E-state index is 12.5. The van der Waals surface area contributed by atoms with Gasteiger partial charge >= 0.3 is 5.97 Å². The van der Waals surface area contributed by atoms with E-state index in [-0.39, 0.29) is 13.2 Å². The van der Waals surface area contributed by atoms with Gasteiger partial charge in [0.05, 0.1) is 19.5 Å². The summed E-state index contributed by atoms with van der Waals surface area (Å²) in [6.07, 6.45) is -2.56. The summed E-state index contributed by atoms with van der Waals surface area (Å²) >= 11 is 0. The third-order valence-electron chi connectivity index (χ3n) is 4.80. The van der Waals surface area contributed by atoms with Gasteiger partial charge in [-0.15, -0.1) is 0 Å². The number of esters is 1. The third-order valence-corrected chi connectivity index (χ3v) is 4.80. The van der Waals surface area contributed by atoms with Gasteiger partial charge in [0, 0.05) is 0 Å². The topological polar surface area (TPSA) is 78.1 Å². The van der Waals surface area contributed by atoms with Crippen LogP contribution >= 0.6 is 0 Å². The molecule has 1 aliphatic heterocycles. The average Bonchev–Trinajstić information content (AvgIpc) is 3.29. The van der Waals surface area contributed by atoms with Crippen LogP contribution in [0.5, 0.6) is 0 Å². The number of carbonyl (C=O) groups is 1. The minimum atomic E-state index is -1.21. The molecule has 0 radical (unpaired) electrons. The SMILES string of the molecule is O=C1O[C@H](c2ccco2)[C@H](OCc2ccccc2)[C@H](O)[C@@H]1OCc1ccccc1. The Labute approximate surface area is 168 Å². The molecular weight excluding hydrogens is 372 g/mol. The van der Waals surface area contributed by atoms with Crippen LogP contribution < -0.4 is 0 Å². The first kappa shape index (κ1) is 19.4. The first-order valence-corrected chi connectivity index (χ1v) is 9.45. The van der Waals surface area contributed by atoms with Crippen molar-refractivity contribution in [2.75, 3.05) is 0 Å². The van der Waals surface area contributed by atoms with Gasteiger partial charge in [-0.3, -0.25) is 0 Å². The van der Waals surface area contributed by atoms with E-state index in [1.165, 1.54) is 6.26 Å². The average molecular weight is 394 g/mol. The maximum atomic E-state index is 12.5. The quantitative estimate of drug-likeness (QED) is 0.619. The van der Waals surface area contributed by atoms with Crippen LogP contribution in [-0.2, 0) is 32.2 Å². The summed E-state index contributed by atoms with van der Waals surface area (Å²) in [5.41, 5.74) is 1.83. The number of cyclic esters (lactones) is 1. The summed E-state index contributed by atoms with van der Waals surface area (Å²) in [7, 11) is 0. The Morgan fingerprint density at radius 1 is 0.828 bits per heavy atom. The van der Waals surface area contributed by atoms with Crippen molar-refractivity contribution in [2.45, 2.75) is 37.6 Å². The van der Waals surface area contributed by atoms with Crippen LogP contribution in [0, 0.1) is 0 Å². The van der Waals surface area contributed by atoms with Crippen molar-refractivity contribution in [3.63, 3.8) is 0 Å². The lowest BCUT2D eigenvalue weighted by Gasteiger charge is -2.38. The molecule has 4 atom stereocenters. The molecule has 29 heavy (non-hydrogen) atoms. The zero-order chi connectivity index (χ0) is 20.1. The van der Waals surface area contributed by atoms with Crippen LogP contribution in [0.1, 0.15) is 23.0 Å². The number of hydrogen-bond acceptors (Lipinski definition) is 6. The molecule has 1 saturated heterocycles. The van der Waals surface area contributed by atoms with E-state index in [4.69, 9.17) is 18.6 Å². The summed E-state index contributed by atoms with van der Waals surface area (Å²) in [6.45, 7) is 0.428. The fraction of sp³-hybridized carbons (Fsp3) is 0.261. The van der Waals surface area contributed by atoms with Crippen LogP contribution in [0.3, 0.4) is 0 Å². The molecule has 6 heteroatoms. The predicted molar refractivity (Wildman–Crippen MR) is 104 cm³/mol. The van der Waals surface area contributed by atoms with E-state index < -0.39 is 30.4 Å². The van der Waals surface area contributed by atoms with Crippen LogP contribution in [0.25, 0.3) is 0 Å².